The van der Waals surface area contributed by atoms with Gasteiger partial charge >= 0.3 is 5.97 Å². The summed E-state index contributed by atoms with van der Waals surface area (Å²) in [6.45, 7) is 6.37. The molecule has 23 heavy (non-hydrogen) atoms. The molecule has 5 nitrogen and oxygen atoms in total. The average Bonchev–Trinajstić information content (AvgIpc) is 2.51. The number of benzene rings is 1. The smallest absolute Gasteiger partial charge is 0.326 e. The summed E-state index contributed by atoms with van der Waals surface area (Å²) in [4.78, 5) is 25.5. The third-order valence-corrected chi connectivity index (χ3v) is 4.21. The lowest BCUT2D eigenvalue weighted by Gasteiger charge is -2.28. The van der Waals surface area contributed by atoms with Crippen molar-refractivity contribution in [3.8, 4) is 0 Å². The third kappa shape index (κ3) is 5.36. The Bertz CT molecular complexity index is 557. The summed E-state index contributed by atoms with van der Waals surface area (Å²) in [5.74, 6) is -0.911. The molecule has 0 fully saturated rings. The van der Waals surface area contributed by atoms with E-state index in [0.29, 0.717) is 19.4 Å². The average molecular weight is 318 g/mol. The maximum Gasteiger partial charge on any atom is 0.326 e. The van der Waals surface area contributed by atoms with E-state index in [-0.39, 0.29) is 11.8 Å². The molecule has 1 aromatic rings. The number of hydrogen-bond donors (Lipinski definition) is 2. The van der Waals surface area contributed by atoms with E-state index in [1.54, 1.807) is 0 Å². The van der Waals surface area contributed by atoms with Gasteiger partial charge < -0.3 is 10.4 Å². The molecule has 0 saturated carbocycles. The molecule has 126 valence electrons. The van der Waals surface area contributed by atoms with E-state index in [1.165, 1.54) is 11.1 Å². The van der Waals surface area contributed by atoms with Crippen molar-refractivity contribution >= 4 is 11.9 Å². The van der Waals surface area contributed by atoms with Crippen LogP contribution in [-0.2, 0) is 22.6 Å². The standard InChI is InChI=1S/C18H26N2O3/c1-13(2)11-16(18(22)23)19-17(21)8-10-20-9-7-14-5-3-4-6-15(14)12-20/h3-6,13,16H,7-12H2,1-2H3,(H,19,21)(H,22,23). The van der Waals surface area contributed by atoms with Crippen LogP contribution in [0.2, 0.25) is 0 Å². The van der Waals surface area contributed by atoms with Crippen molar-refractivity contribution < 1.29 is 14.7 Å². The molecular formula is C18H26N2O3. The molecule has 2 N–H and O–H groups in total. The van der Waals surface area contributed by atoms with E-state index in [1.807, 2.05) is 19.9 Å². The second-order valence-corrected chi connectivity index (χ2v) is 6.63. The largest absolute Gasteiger partial charge is 0.480 e. The van der Waals surface area contributed by atoms with Crippen molar-refractivity contribution in [2.75, 3.05) is 13.1 Å². The Labute approximate surface area is 137 Å². The first kappa shape index (κ1) is 17.5. The fraction of sp³-hybridized carbons (Fsp3) is 0.556. The van der Waals surface area contributed by atoms with E-state index in [9.17, 15) is 14.7 Å². The SMILES string of the molecule is CC(C)CC(NC(=O)CCN1CCc2ccccc2C1)C(=O)O. The molecule has 1 aliphatic rings. The lowest BCUT2D eigenvalue weighted by molar-refractivity contribution is -0.142. The quantitative estimate of drug-likeness (QED) is 0.807. The Kier molecular flexibility index (Phi) is 6.16. The van der Waals surface area contributed by atoms with E-state index < -0.39 is 12.0 Å². The van der Waals surface area contributed by atoms with Crippen LogP contribution >= 0.6 is 0 Å². The van der Waals surface area contributed by atoms with Crippen LogP contribution in [0.1, 0.15) is 37.8 Å². The Morgan fingerprint density at radius 2 is 1.96 bits per heavy atom. The molecule has 5 heteroatoms. The van der Waals surface area contributed by atoms with Gasteiger partial charge in [0.2, 0.25) is 5.91 Å². The number of amides is 1. The minimum absolute atomic E-state index is 0.183. The number of hydrogen-bond acceptors (Lipinski definition) is 3. The van der Waals surface area contributed by atoms with E-state index in [4.69, 9.17) is 0 Å². The number of rotatable bonds is 7. The van der Waals surface area contributed by atoms with Crippen LogP contribution in [0, 0.1) is 5.92 Å². The zero-order valence-electron chi connectivity index (χ0n) is 13.9. The molecule has 1 atom stereocenters. The number of carbonyl (C=O) groups is 2. The van der Waals surface area contributed by atoms with Crippen molar-refractivity contribution in [3.05, 3.63) is 35.4 Å². The molecule has 0 spiro atoms. The van der Waals surface area contributed by atoms with Gasteiger partial charge in [-0.3, -0.25) is 9.69 Å². The number of carboxylic acids is 1. The molecule has 1 aliphatic heterocycles. The monoisotopic (exact) mass is 318 g/mol. The summed E-state index contributed by atoms with van der Waals surface area (Å²) in [6.07, 6.45) is 1.80. The van der Waals surface area contributed by atoms with Crippen molar-refractivity contribution in [2.45, 2.75) is 45.7 Å². The van der Waals surface area contributed by atoms with Gasteiger partial charge in [0.1, 0.15) is 6.04 Å². The molecule has 0 aromatic heterocycles. The predicted molar refractivity (Wildman–Crippen MR) is 89.1 cm³/mol. The first-order valence-electron chi connectivity index (χ1n) is 8.27. The lowest BCUT2D eigenvalue weighted by Crippen LogP contribution is -2.43. The second-order valence-electron chi connectivity index (χ2n) is 6.63. The van der Waals surface area contributed by atoms with Gasteiger partial charge in [0.15, 0.2) is 0 Å². The predicted octanol–water partition coefficient (Wildman–Crippen LogP) is 2.05. The molecule has 0 radical (unpaired) electrons. The van der Waals surface area contributed by atoms with Gasteiger partial charge in [0.25, 0.3) is 0 Å². The molecule has 0 aliphatic carbocycles. The highest BCUT2D eigenvalue weighted by Gasteiger charge is 2.22. The summed E-state index contributed by atoms with van der Waals surface area (Å²) in [6, 6.07) is 7.60. The van der Waals surface area contributed by atoms with E-state index >= 15 is 0 Å². The highest BCUT2D eigenvalue weighted by Crippen LogP contribution is 2.18. The second kappa shape index (κ2) is 8.11. The number of fused-ring (bicyclic) bond motifs is 1. The van der Waals surface area contributed by atoms with Gasteiger partial charge in [-0.15, -0.1) is 0 Å². The number of nitrogens with zero attached hydrogens (tertiary/aromatic N) is 1. The van der Waals surface area contributed by atoms with Gasteiger partial charge in [-0.1, -0.05) is 38.1 Å². The van der Waals surface area contributed by atoms with Gasteiger partial charge in [-0.05, 0) is 29.9 Å². The molecule has 1 aromatic carbocycles. The number of nitrogens with one attached hydrogen (secondary N) is 1. The Balaban J connectivity index is 1.79. The molecule has 0 bridgehead atoms. The fourth-order valence-corrected chi connectivity index (χ4v) is 2.96. The van der Waals surface area contributed by atoms with E-state index in [0.717, 1.165) is 19.5 Å². The number of aliphatic carboxylic acids is 1. The maximum atomic E-state index is 12.0. The number of carboxylic acid groups (broad SMARTS) is 1. The van der Waals surface area contributed by atoms with Crippen LogP contribution in [0.25, 0.3) is 0 Å². The van der Waals surface area contributed by atoms with Crippen molar-refractivity contribution in [1.29, 1.82) is 0 Å². The zero-order valence-corrected chi connectivity index (χ0v) is 13.9. The molecule has 1 amide bonds. The first-order chi connectivity index (χ1) is 11.0. The van der Waals surface area contributed by atoms with E-state index in [2.05, 4.69) is 28.4 Å². The summed E-state index contributed by atoms with van der Waals surface area (Å²) in [5.41, 5.74) is 2.71. The highest BCUT2D eigenvalue weighted by atomic mass is 16.4. The molecule has 1 unspecified atom stereocenters. The number of carbonyl (C=O) groups excluding carboxylic acids is 1. The topological polar surface area (TPSA) is 69.6 Å². The van der Waals surface area contributed by atoms with Crippen LogP contribution in [0.15, 0.2) is 24.3 Å². The molecule has 0 saturated heterocycles. The third-order valence-electron chi connectivity index (χ3n) is 4.21. The Morgan fingerprint density at radius 3 is 2.61 bits per heavy atom. The highest BCUT2D eigenvalue weighted by molar-refractivity contribution is 5.83. The van der Waals surface area contributed by atoms with Gasteiger partial charge in [-0.2, -0.15) is 0 Å². The summed E-state index contributed by atoms with van der Waals surface area (Å²) in [5, 5.41) is 11.8. The van der Waals surface area contributed by atoms with Crippen LogP contribution < -0.4 is 5.32 Å². The summed E-state index contributed by atoms with van der Waals surface area (Å²) >= 11 is 0. The minimum Gasteiger partial charge on any atom is -0.480 e. The van der Waals surface area contributed by atoms with Crippen molar-refractivity contribution in [2.24, 2.45) is 5.92 Å². The van der Waals surface area contributed by atoms with Crippen LogP contribution in [-0.4, -0.2) is 41.0 Å². The summed E-state index contributed by atoms with van der Waals surface area (Å²) in [7, 11) is 0. The zero-order chi connectivity index (χ0) is 16.8. The van der Waals surface area contributed by atoms with Crippen molar-refractivity contribution in [1.82, 2.24) is 10.2 Å². The first-order valence-corrected chi connectivity index (χ1v) is 8.27. The van der Waals surface area contributed by atoms with Crippen LogP contribution in [0.3, 0.4) is 0 Å². The molecular weight excluding hydrogens is 292 g/mol. The molecule has 2 rings (SSSR count). The molecule has 1 heterocycles. The maximum absolute atomic E-state index is 12.0. The van der Waals surface area contributed by atoms with Crippen molar-refractivity contribution in [3.63, 3.8) is 0 Å². The van der Waals surface area contributed by atoms with Gasteiger partial charge in [0.05, 0.1) is 0 Å². The summed E-state index contributed by atoms with van der Waals surface area (Å²) < 4.78 is 0. The lowest BCUT2D eigenvalue weighted by atomic mass is 10.00. The fourth-order valence-electron chi connectivity index (χ4n) is 2.96. The van der Waals surface area contributed by atoms with Crippen LogP contribution in [0.4, 0.5) is 0 Å². The van der Waals surface area contributed by atoms with Gasteiger partial charge in [-0.25, -0.2) is 4.79 Å². The van der Waals surface area contributed by atoms with Crippen LogP contribution in [0.5, 0.6) is 0 Å². The van der Waals surface area contributed by atoms with Gasteiger partial charge in [0, 0.05) is 26.1 Å². The Hall–Kier alpha value is -1.88. The normalized spacial score (nSPS) is 16.0. The minimum atomic E-state index is -0.959. The Morgan fingerprint density at radius 1 is 1.26 bits per heavy atom.